The van der Waals surface area contributed by atoms with Crippen LogP contribution in [0, 0.1) is 11.8 Å². The molecule has 0 saturated carbocycles. The number of nitrogens with one attached hydrogen (secondary N) is 1. The number of para-hydroxylation sites is 1. The van der Waals surface area contributed by atoms with Gasteiger partial charge < -0.3 is 15.5 Å². The van der Waals surface area contributed by atoms with Crippen molar-refractivity contribution in [2.75, 3.05) is 6.54 Å². The molecular weight excluding hydrogens is 304 g/mol. The lowest BCUT2D eigenvalue weighted by molar-refractivity contribution is 0.0932. The lowest BCUT2D eigenvalue weighted by Crippen LogP contribution is -2.22. The first-order chi connectivity index (χ1) is 11.6. The lowest BCUT2D eigenvalue weighted by atomic mass is 10.1. The number of hydrogen-bond donors (Lipinski definition) is 2. The van der Waals surface area contributed by atoms with Crippen LogP contribution < -0.4 is 11.1 Å². The molecule has 118 valence electrons. The van der Waals surface area contributed by atoms with Crippen molar-refractivity contribution >= 4 is 22.8 Å². The van der Waals surface area contributed by atoms with E-state index in [2.05, 4.69) is 17.2 Å². The maximum Gasteiger partial charge on any atom is 0.287 e. The number of nitrogens with two attached hydrogens (primary N) is 1. The Morgan fingerprint density at radius 2 is 1.83 bits per heavy atom. The second kappa shape index (κ2) is 6.71. The number of hydrogen-bond acceptors (Lipinski definition) is 3. The summed E-state index contributed by atoms with van der Waals surface area (Å²) in [4.78, 5) is 23.0. The van der Waals surface area contributed by atoms with Crippen molar-refractivity contribution in [2.24, 2.45) is 5.73 Å². The fourth-order valence-electron chi connectivity index (χ4n) is 2.17. The van der Waals surface area contributed by atoms with Crippen molar-refractivity contribution < 1.29 is 14.0 Å². The molecule has 0 aliphatic heterocycles. The first-order valence-corrected chi connectivity index (χ1v) is 7.29. The van der Waals surface area contributed by atoms with Gasteiger partial charge in [0.05, 0.1) is 6.54 Å². The molecule has 0 spiro atoms. The zero-order valence-corrected chi connectivity index (χ0v) is 12.7. The molecule has 0 atom stereocenters. The Hall–Kier alpha value is -3.52. The summed E-state index contributed by atoms with van der Waals surface area (Å²) >= 11 is 0. The average Bonchev–Trinajstić information content (AvgIpc) is 3.03. The van der Waals surface area contributed by atoms with E-state index in [0.29, 0.717) is 11.1 Å². The predicted octanol–water partition coefficient (Wildman–Crippen LogP) is 2.31. The van der Waals surface area contributed by atoms with Crippen LogP contribution in [0.2, 0.25) is 0 Å². The van der Waals surface area contributed by atoms with E-state index >= 15 is 0 Å². The van der Waals surface area contributed by atoms with E-state index in [1.165, 1.54) is 0 Å². The highest BCUT2D eigenvalue weighted by atomic mass is 16.3. The number of amides is 2. The number of fused-ring (bicyclic) bond motifs is 1. The molecule has 5 heteroatoms. The molecule has 0 aliphatic rings. The largest absolute Gasteiger partial charge is 0.451 e. The van der Waals surface area contributed by atoms with Gasteiger partial charge in [-0.3, -0.25) is 9.59 Å². The molecule has 3 N–H and O–H groups in total. The monoisotopic (exact) mass is 318 g/mol. The number of carbonyl (C=O) groups excluding carboxylic acids is 2. The number of furan rings is 1. The van der Waals surface area contributed by atoms with E-state index in [4.69, 9.17) is 10.2 Å². The summed E-state index contributed by atoms with van der Waals surface area (Å²) in [5, 5.41) is 3.56. The Morgan fingerprint density at radius 3 is 2.54 bits per heavy atom. The van der Waals surface area contributed by atoms with Gasteiger partial charge in [0.25, 0.3) is 5.91 Å². The van der Waals surface area contributed by atoms with Crippen LogP contribution in [0.25, 0.3) is 11.0 Å². The summed E-state index contributed by atoms with van der Waals surface area (Å²) in [5.74, 6) is 5.20. The predicted molar refractivity (Wildman–Crippen MR) is 90.4 cm³/mol. The SMILES string of the molecule is NC(=O)c1ccc(C#CCNC(=O)c2cc3ccccc3o2)cc1. The highest BCUT2D eigenvalue weighted by Crippen LogP contribution is 2.18. The maximum absolute atomic E-state index is 12.0. The van der Waals surface area contributed by atoms with Crippen LogP contribution in [0.3, 0.4) is 0 Å². The van der Waals surface area contributed by atoms with Gasteiger partial charge in [-0.25, -0.2) is 0 Å². The Balaban J connectivity index is 1.60. The van der Waals surface area contributed by atoms with Crippen molar-refractivity contribution in [3.63, 3.8) is 0 Å². The molecular formula is C19H14N2O3. The van der Waals surface area contributed by atoms with E-state index < -0.39 is 5.91 Å². The van der Waals surface area contributed by atoms with Gasteiger partial charge in [0, 0.05) is 16.5 Å². The summed E-state index contributed by atoms with van der Waals surface area (Å²) in [5.41, 5.74) is 7.00. The molecule has 24 heavy (non-hydrogen) atoms. The van der Waals surface area contributed by atoms with Crippen molar-refractivity contribution in [2.45, 2.75) is 0 Å². The average molecular weight is 318 g/mol. The number of carbonyl (C=O) groups is 2. The minimum Gasteiger partial charge on any atom is -0.451 e. The third-order valence-corrected chi connectivity index (χ3v) is 3.39. The molecule has 3 rings (SSSR count). The van der Waals surface area contributed by atoms with Gasteiger partial charge in [-0.05, 0) is 36.4 Å². The van der Waals surface area contributed by atoms with E-state index in [1.54, 1.807) is 30.3 Å². The normalized spacial score (nSPS) is 10.0. The fourth-order valence-corrected chi connectivity index (χ4v) is 2.17. The van der Waals surface area contributed by atoms with Crippen LogP contribution in [0.5, 0.6) is 0 Å². The van der Waals surface area contributed by atoms with Gasteiger partial charge in [0.2, 0.25) is 5.91 Å². The third-order valence-electron chi connectivity index (χ3n) is 3.39. The second-order valence-corrected chi connectivity index (χ2v) is 5.07. The first kappa shape index (κ1) is 15.4. The van der Waals surface area contributed by atoms with E-state index in [0.717, 1.165) is 10.9 Å². The molecule has 0 aliphatic carbocycles. The van der Waals surface area contributed by atoms with Gasteiger partial charge in [0.1, 0.15) is 5.58 Å². The highest BCUT2D eigenvalue weighted by molar-refractivity contribution is 5.96. The highest BCUT2D eigenvalue weighted by Gasteiger charge is 2.10. The Bertz CT molecular complexity index is 926. The van der Waals surface area contributed by atoms with Gasteiger partial charge in [-0.1, -0.05) is 30.0 Å². The van der Waals surface area contributed by atoms with Gasteiger partial charge in [-0.15, -0.1) is 0 Å². The van der Waals surface area contributed by atoms with Crippen molar-refractivity contribution in [3.05, 3.63) is 71.5 Å². The number of primary amides is 1. The van der Waals surface area contributed by atoms with Gasteiger partial charge in [0.15, 0.2) is 5.76 Å². The number of rotatable bonds is 3. The lowest BCUT2D eigenvalue weighted by Gasteiger charge is -1.97. The van der Waals surface area contributed by atoms with E-state index in [1.807, 2.05) is 24.3 Å². The molecule has 0 bridgehead atoms. The van der Waals surface area contributed by atoms with Crippen LogP contribution in [-0.4, -0.2) is 18.4 Å². The third kappa shape index (κ3) is 3.45. The number of benzene rings is 2. The molecule has 3 aromatic rings. The quantitative estimate of drug-likeness (QED) is 0.727. The van der Waals surface area contributed by atoms with Crippen LogP contribution in [-0.2, 0) is 0 Å². The Morgan fingerprint density at radius 1 is 1.08 bits per heavy atom. The molecule has 2 aromatic carbocycles. The smallest absolute Gasteiger partial charge is 0.287 e. The van der Waals surface area contributed by atoms with E-state index in [-0.39, 0.29) is 18.2 Å². The zero-order valence-electron chi connectivity index (χ0n) is 12.7. The topological polar surface area (TPSA) is 85.3 Å². The molecule has 0 radical (unpaired) electrons. The fraction of sp³-hybridized carbons (Fsp3) is 0.0526. The standard InChI is InChI=1S/C19H14N2O3/c20-18(22)14-9-7-13(8-10-14)4-3-11-21-19(23)17-12-15-5-1-2-6-16(15)24-17/h1-2,5-10,12H,11H2,(H2,20,22)(H,21,23). The molecule has 2 amide bonds. The van der Waals surface area contributed by atoms with Gasteiger partial charge in [-0.2, -0.15) is 0 Å². The summed E-state index contributed by atoms with van der Waals surface area (Å²) in [7, 11) is 0. The van der Waals surface area contributed by atoms with Crippen LogP contribution in [0.15, 0.2) is 59.0 Å². The minimum absolute atomic E-state index is 0.188. The summed E-state index contributed by atoms with van der Waals surface area (Å²) in [6, 6.07) is 15.7. The van der Waals surface area contributed by atoms with Crippen molar-refractivity contribution in [3.8, 4) is 11.8 Å². The first-order valence-electron chi connectivity index (χ1n) is 7.29. The van der Waals surface area contributed by atoms with Crippen molar-refractivity contribution in [1.29, 1.82) is 0 Å². The maximum atomic E-state index is 12.0. The Kier molecular flexibility index (Phi) is 4.30. The van der Waals surface area contributed by atoms with E-state index in [9.17, 15) is 9.59 Å². The summed E-state index contributed by atoms with van der Waals surface area (Å²) in [6.07, 6.45) is 0. The molecule has 0 fully saturated rings. The molecule has 1 aromatic heterocycles. The summed E-state index contributed by atoms with van der Waals surface area (Å²) in [6.45, 7) is 0.188. The molecule has 1 heterocycles. The van der Waals surface area contributed by atoms with Crippen LogP contribution >= 0.6 is 0 Å². The van der Waals surface area contributed by atoms with Crippen molar-refractivity contribution in [1.82, 2.24) is 5.32 Å². The van der Waals surface area contributed by atoms with Gasteiger partial charge >= 0.3 is 0 Å². The molecule has 5 nitrogen and oxygen atoms in total. The molecule has 0 unspecified atom stereocenters. The van der Waals surface area contributed by atoms with Crippen LogP contribution in [0.4, 0.5) is 0 Å². The van der Waals surface area contributed by atoms with Crippen LogP contribution in [0.1, 0.15) is 26.5 Å². The Labute approximate surface area is 138 Å². The second-order valence-electron chi connectivity index (χ2n) is 5.07. The minimum atomic E-state index is -0.479. The zero-order chi connectivity index (χ0) is 16.9. The summed E-state index contributed by atoms with van der Waals surface area (Å²) < 4.78 is 5.48. The molecule has 0 saturated heterocycles.